The molecule has 0 aromatic heterocycles. The molecule has 0 fully saturated rings. The topological polar surface area (TPSA) is 138 Å². The summed E-state index contributed by atoms with van der Waals surface area (Å²) in [7, 11) is 0. The highest BCUT2D eigenvalue weighted by molar-refractivity contribution is 9.09. The normalized spacial score (nSPS) is 10.2. The van der Waals surface area contributed by atoms with Crippen molar-refractivity contribution in [1.29, 1.82) is 0 Å². The predicted octanol–water partition coefficient (Wildman–Crippen LogP) is 9.89. The molecular formula is C34H41BrF6O10. The van der Waals surface area contributed by atoms with Gasteiger partial charge in [-0.3, -0.25) is 9.59 Å². The Balaban J connectivity index is 0. The lowest BCUT2D eigenvalue weighted by molar-refractivity contribution is -0.0524. The number of aromatic carboxylic acids is 1. The first kappa shape index (κ1) is 48.4. The second-order valence-corrected chi connectivity index (χ2v) is 11.9. The van der Waals surface area contributed by atoms with E-state index in [2.05, 4.69) is 44.0 Å². The lowest BCUT2D eigenvalue weighted by Crippen LogP contribution is -2.10. The second-order valence-electron chi connectivity index (χ2n) is 10.1. The van der Waals surface area contributed by atoms with Gasteiger partial charge in [0.2, 0.25) is 0 Å². The van der Waals surface area contributed by atoms with Crippen molar-refractivity contribution in [1.82, 2.24) is 0 Å². The Hall–Kier alpha value is -4.67. The molecule has 0 amide bonds. The Morgan fingerprint density at radius 1 is 0.608 bits per heavy atom. The Kier molecular flexibility index (Phi) is 24.0. The molecule has 0 spiro atoms. The number of aromatic hydroxyl groups is 1. The van der Waals surface area contributed by atoms with E-state index in [9.17, 15) is 40.7 Å². The van der Waals surface area contributed by atoms with Gasteiger partial charge in [0.15, 0.2) is 34.5 Å². The average molecular weight is 804 g/mol. The van der Waals surface area contributed by atoms with Crippen LogP contribution in [0.25, 0.3) is 0 Å². The monoisotopic (exact) mass is 802 g/mol. The zero-order valence-electron chi connectivity index (χ0n) is 27.6. The number of carboxylic acids is 1. The zero-order valence-corrected chi connectivity index (χ0v) is 29.2. The van der Waals surface area contributed by atoms with Gasteiger partial charge in [0.1, 0.15) is 12.6 Å². The number of hydrogen-bond donors (Lipinski definition) is 2. The number of rotatable bonds is 13. The molecule has 0 aliphatic heterocycles. The van der Waals surface area contributed by atoms with Gasteiger partial charge in [0.05, 0.1) is 17.8 Å². The first-order valence-electron chi connectivity index (χ1n) is 14.4. The summed E-state index contributed by atoms with van der Waals surface area (Å²) in [6.07, 6.45) is 0.631. The van der Waals surface area contributed by atoms with E-state index >= 15 is 0 Å². The zero-order chi connectivity index (χ0) is 38.6. The van der Waals surface area contributed by atoms with E-state index in [4.69, 9.17) is 19.7 Å². The fraction of sp³-hybridized carbons (Fsp3) is 0.382. The third-order valence-electron chi connectivity index (χ3n) is 4.79. The Morgan fingerprint density at radius 2 is 0.961 bits per heavy atom. The van der Waals surface area contributed by atoms with Gasteiger partial charge in [0, 0.05) is 16.0 Å². The number of aldehydes is 2. The molecule has 2 N–H and O–H groups in total. The Bertz CT molecular complexity index is 1470. The fourth-order valence-electron chi connectivity index (χ4n) is 3.12. The molecule has 0 atom stereocenters. The third-order valence-corrected chi connectivity index (χ3v) is 4.79. The summed E-state index contributed by atoms with van der Waals surface area (Å²) in [5, 5.41) is 17.8. The largest absolute Gasteiger partial charge is 0.504 e. The van der Waals surface area contributed by atoms with E-state index in [1.807, 2.05) is 0 Å². The maximum Gasteiger partial charge on any atom is 0.387 e. The Labute approximate surface area is 300 Å². The summed E-state index contributed by atoms with van der Waals surface area (Å²) < 4.78 is 94.6. The van der Waals surface area contributed by atoms with Crippen molar-refractivity contribution in [2.24, 2.45) is 0 Å². The molecule has 0 aliphatic rings. The van der Waals surface area contributed by atoms with E-state index in [-0.39, 0.29) is 59.5 Å². The number of phenolic OH excluding ortho intramolecular Hbond substituents is 1. The van der Waals surface area contributed by atoms with Crippen LogP contribution in [0.5, 0.6) is 34.5 Å². The number of carboxylic acid groups (broad SMARTS) is 1. The van der Waals surface area contributed by atoms with Crippen molar-refractivity contribution < 1.29 is 74.6 Å². The summed E-state index contributed by atoms with van der Waals surface area (Å²) >= 11 is 3.27. The van der Waals surface area contributed by atoms with Crippen LogP contribution in [0.1, 0.15) is 80.0 Å². The number of carbonyl (C=O) groups is 3. The van der Waals surface area contributed by atoms with E-state index in [1.165, 1.54) is 30.3 Å². The van der Waals surface area contributed by atoms with Crippen LogP contribution < -0.4 is 23.7 Å². The van der Waals surface area contributed by atoms with Crippen molar-refractivity contribution in [2.75, 3.05) is 0 Å². The molecule has 3 aromatic rings. The third kappa shape index (κ3) is 21.9. The summed E-state index contributed by atoms with van der Waals surface area (Å²) in [5.74, 6) is -2.12. The number of hydrogen-bond acceptors (Lipinski definition) is 9. The maximum atomic E-state index is 12.1. The average Bonchev–Trinajstić information content (AvgIpc) is 2.99. The molecule has 0 saturated heterocycles. The van der Waals surface area contributed by atoms with Crippen molar-refractivity contribution in [3.8, 4) is 34.5 Å². The van der Waals surface area contributed by atoms with Gasteiger partial charge in [-0.1, -0.05) is 37.2 Å². The molecule has 0 radical (unpaired) electrons. The molecule has 0 saturated carbocycles. The van der Waals surface area contributed by atoms with Gasteiger partial charge in [-0.2, -0.15) is 26.3 Å². The van der Waals surface area contributed by atoms with E-state index in [0.717, 1.165) is 24.3 Å². The first-order chi connectivity index (χ1) is 23.3. The second kappa shape index (κ2) is 25.3. The minimum absolute atomic E-state index is 0. The van der Waals surface area contributed by atoms with Gasteiger partial charge < -0.3 is 33.9 Å². The number of alkyl halides is 7. The number of halogens is 7. The summed E-state index contributed by atoms with van der Waals surface area (Å²) in [5.41, 5.74) is 0.485. The van der Waals surface area contributed by atoms with Crippen LogP contribution in [0.2, 0.25) is 0 Å². The molecule has 0 heterocycles. The lowest BCUT2D eigenvalue weighted by Gasteiger charge is -2.15. The number of carbonyl (C=O) groups excluding carboxylic acids is 2. The molecule has 10 nitrogen and oxygen atoms in total. The molecule has 3 rings (SSSR count). The highest BCUT2D eigenvalue weighted by atomic mass is 79.9. The van der Waals surface area contributed by atoms with Gasteiger partial charge in [-0.25, -0.2) is 4.79 Å². The molecule has 3 aromatic carbocycles. The van der Waals surface area contributed by atoms with Crippen LogP contribution in [0.15, 0.2) is 54.6 Å². The quantitative estimate of drug-likeness (QED) is 0.0976. The number of benzene rings is 3. The summed E-state index contributed by atoms with van der Waals surface area (Å²) in [6.45, 7) is 2.16. The van der Waals surface area contributed by atoms with Crippen molar-refractivity contribution >= 4 is 34.5 Å². The smallest absolute Gasteiger partial charge is 0.387 e. The van der Waals surface area contributed by atoms with Crippen molar-refractivity contribution in [3.63, 3.8) is 0 Å². The minimum atomic E-state index is -2.99. The highest BCUT2D eigenvalue weighted by Crippen LogP contribution is 2.32. The van der Waals surface area contributed by atoms with Crippen molar-refractivity contribution in [3.05, 3.63) is 71.3 Å². The molecule has 286 valence electrons. The van der Waals surface area contributed by atoms with E-state index in [1.54, 1.807) is 27.7 Å². The molecule has 51 heavy (non-hydrogen) atoms. The molecule has 0 bridgehead atoms. The summed E-state index contributed by atoms with van der Waals surface area (Å²) in [4.78, 5) is 32.1. The molecule has 0 unspecified atom stereocenters. The SMILES string of the molecule is C.CC(C)Br.CC(C)Oc1cc(C(=O)O)ccc1OC(F)F.CC(C)Oc1cc(C=O)ccc1OC(F)F.O=Cc1ccc(OC(F)F)c(O)c1. The van der Waals surface area contributed by atoms with Crippen LogP contribution in [-0.4, -0.2) is 65.6 Å². The van der Waals surface area contributed by atoms with Crippen molar-refractivity contribution in [2.45, 2.75) is 85.8 Å². The summed E-state index contributed by atoms with van der Waals surface area (Å²) in [6, 6.07) is 10.9. The van der Waals surface area contributed by atoms with Gasteiger partial charge in [-0.05, 0) is 82.3 Å². The first-order valence-corrected chi connectivity index (χ1v) is 15.3. The number of ether oxygens (including phenoxy) is 5. The van der Waals surface area contributed by atoms with Gasteiger partial charge >= 0.3 is 25.8 Å². The van der Waals surface area contributed by atoms with Crippen LogP contribution >= 0.6 is 15.9 Å². The van der Waals surface area contributed by atoms with E-state index < -0.39 is 31.6 Å². The maximum absolute atomic E-state index is 12.1. The molecule has 0 aliphatic carbocycles. The van der Waals surface area contributed by atoms with Crippen LogP contribution in [0, 0.1) is 0 Å². The highest BCUT2D eigenvalue weighted by Gasteiger charge is 2.16. The predicted molar refractivity (Wildman–Crippen MR) is 181 cm³/mol. The Morgan fingerprint density at radius 3 is 1.31 bits per heavy atom. The number of phenols is 1. The lowest BCUT2D eigenvalue weighted by atomic mass is 10.2. The van der Waals surface area contributed by atoms with Crippen LogP contribution in [0.4, 0.5) is 26.3 Å². The standard InChI is InChI=1S/C11H12F2O4.C11H12F2O3.C8H6F2O3.C3H7Br.CH4/c1-6(2)16-9-5-7(10(14)15)3-4-8(9)17-11(12)13;1-7(2)15-10-5-8(6-14)3-4-9(10)16-11(12)13;9-8(10)13-7-2-1-5(4-11)3-6(7)12;1-3(2)4;/h3-6,11H,1-2H3,(H,14,15);3-7,11H,1-2H3;1-4,8,12H;3H,1-2H3;1H4. The van der Waals surface area contributed by atoms with E-state index in [0.29, 0.717) is 23.0 Å². The molecular weight excluding hydrogens is 762 g/mol. The van der Waals surface area contributed by atoms with Gasteiger partial charge in [-0.15, -0.1) is 0 Å². The van der Waals surface area contributed by atoms with Gasteiger partial charge in [0.25, 0.3) is 0 Å². The molecule has 17 heteroatoms. The minimum Gasteiger partial charge on any atom is -0.504 e. The fourth-order valence-corrected chi connectivity index (χ4v) is 3.12. The van der Waals surface area contributed by atoms with Crippen LogP contribution in [-0.2, 0) is 0 Å². The van der Waals surface area contributed by atoms with Crippen LogP contribution in [0.3, 0.4) is 0 Å².